The van der Waals surface area contributed by atoms with Crippen molar-refractivity contribution in [3.05, 3.63) is 17.5 Å². The minimum atomic E-state index is -0.0214. The number of guanidine groups is 1. The number of aromatic nitrogens is 2. The smallest absolute Gasteiger partial charge is 0.191 e. The summed E-state index contributed by atoms with van der Waals surface area (Å²) in [4.78, 5) is 4.77. The lowest BCUT2D eigenvalue weighted by atomic mass is 9.84. The van der Waals surface area contributed by atoms with E-state index in [4.69, 9.17) is 9.73 Å². The molecule has 156 valence electrons. The molecule has 7 nitrogen and oxygen atoms in total. The molecule has 0 bridgehead atoms. The molecule has 1 saturated heterocycles. The first-order valence-corrected chi connectivity index (χ1v) is 9.70. The predicted octanol–water partition coefficient (Wildman–Crippen LogP) is 2.10. The number of aliphatic hydroxyl groups is 1. The van der Waals surface area contributed by atoms with Crippen molar-refractivity contribution in [3.8, 4) is 0 Å². The van der Waals surface area contributed by atoms with Crippen LogP contribution in [0.15, 0.2) is 11.1 Å². The van der Waals surface area contributed by atoms with E-state index in [1.54, 1.807) is 0 Å². The molecule has 1 aromatic rings. The molecule has 1 aliphatic heterocycles. The number of ether oxygens (including phenoxy) is 1. The van der Waals surface area contributed by atoms with E-state index in [0.29, 0.717) is 19.1 Å². The third kappa shape index (κ3) is 7.57. The number of hydrogen-bond acceptors (Lipinski definition) is 4. The SMILES string of the molecule is CCNC(=NCC1(CCO)CCOC1)NCC(C)Cn1nc(C)cc1C.I. The van der Waals surface area contributed by atoms with E-state index in [9.17, 15) is 5.11 Å². The third-order valence-corrected chi connectivity index (χ3v) is 4.95. The molecule has 0 aromatic carbocycles. The Bertz CT molecular complexity index is 585. The fraction of sp³-hybridized carbons (Fsp3) is 0.789. The normalized spacial score (nSPS) is 21.0. The molecule has 1 aliphatic rings. The Morgan fingerprint density at radius 2 is 2.22 bits per heavy atom. The lowest BCUT2D eigenvalue weighted by Crippen LogP contribution is -2.41. The van der Waals surface area contributed by atoms with Crippen LogP contribution < -0.4 is 10.6 Å². The van der Waals surface area contributed by atoms with Gasteiger partial charge in [-0.05, 0) is 45.6 Å². The zero-order valence-electron chi connectivity index (χ0n) is 17.1. The zero-order chi connectivity index (χ0) is 19.0. The second kappa shape index (κ2) is 11.9. The van der Waals surface area contributed by atoms with Gasteiger partial charge in [0.2, 0.25) is 0 Å². The van der Waals surface area contributed by atoms with Gasteiger partial charge in [-0.3, -0.25) is 9.67 Å². The first-order valence-electron chi connectivity index (χ1n) is 9.70. The molecule has 2 rings (SSSR count). The molecule has 2 heterocycles. The van der Waals surface area contributed by atoms with Gasteiger partial charge in [-0.1, -0.05) is 6.92 Å². The van der Waals surface area contributed by atoms with Crippen molar-refractivity contribution in [3.63, 3.8) is 0 Å². The average molecular weight is 493 g/mol. The highest BCUT2D eigenvalue weighted by molar-refractivity contribution is 14.0. The second-order valence-corrected chi connectivity index (χ2v) is 7.57. The van der Waals surface area contributed by atoms with Crippen LogP contribution in [0, 0.1) is 25.2 Å². The van der Waals surface area contributed by atoms with Gasteiger partial charge >= 0.3 is 0 Å². The summed E-state index contributed by atoms with van der Waals surface area (Å²) in [6.07, 6.45) is 1.70. The van der Waals surface area contributed by atoms with Crippen LogP contribution in [0.3, 0.4) is 0 Å². The molecule has 27 heavy (non-hydrogen) atoms. The Morgan fingerprint density at radius 1 is 1.44 bits per heavy atom. The van der Waals surface area contributed by atoms with Crippen LogP contribution in [0.5, 0.6) is 0 Å². The van der Waals surface area contributed by atoms with Gasteiger partial charge in [-0.25, -0.2) is 0 Å². The van der Waals surface area contributed by atoms with Crippen molar-refractivity contribution >= 4 is 29.9 Å². The molecule has 1 fully saturated rings. The molecule has 8 heteroatoms. The largest absolute Gasteiger partial charge is 0.396 e. The van der Waals surface area contributed by atoms with Gasteiger partial charge in [0.1, 0.15) is 0 Å². The van der Waals surface area contributed by atoms with Crippen molar-refractivity contribution in [1.82, 2.24) is 20.4 Å². The standard InChI is InChI=1S/C19H35N5O2.HI/c1-5-20-18(22-13-19(6-8-25)7-9-26-14-19)21-11-15(2)12-24-17(4)10-16(3)23-24;/h10,15,25H,5-9,11-14H2,1-4H3,(H2,20,21,22);1H. The molecule has 2 atom stereocenters. The first-order chi connectivity index (χ1) is 12.5. The van der Waals surface area contributed by atoms with Gasteiger partial charge in [0.05, 0.1) is 18.8 Å². The first kappa shape index (κ1) is 24.2. The highest BCUT2D eigenvalue weighted by atomic mass is 127. The monoisotopic (exact) mass is 493 g/mol. The molecule has 1 aromatic heterocycles. The van der Waals surface area contributed by atoms with Crippen LogP contribution in [0.4, 0.5) is 0 Å². The maximum atomic E-state index is 9.36. The molecule has 2 unspecified atom stereocenters. The van der Waals surface area contributed by atoms with E-state index in [-0.39, 0.29) is 36.0 Å². The van der Waals surface area contributed by atoms with Crippen molar-refractivity contribution in [2.45, 2.75) is 47.1 Å². The highest BCUT2D eigenvalue weighted by Gasteiger charge is 2.34. The molecule has 0 aliphatic carbocycles. The Kier molecular flexibility index (Phi) is 10.6. The van der Waals surface area contributed by atoms with Gasteiger partial charge in [0.25, 0.3) is 0 Å². The summed E-state index contributed by atoms with van der Waals surface area (Å²) < 4.78 is 7.62. The zero-order valence-corrected chi connectivity index (χ0v) is 19.5. The van der Waals surface area contributed by atoms with E-state index in [0.717, 1.165) is 50.7 Å². The summed E-state index contributed by atoms with van der Waals surface area (Å²) in [7, 11) is 0. The fourth-order valence-corrected chi connectivity index (χ4v) is 3.37. The summed E-state index contributed by atoms with van der Waals surface area (Å²) in [5.74, 6) is 1.26. The summed E-state index contributed by atoms with van der Waals surface area (Å²) in [5.41, 5.74) is 2.24. The fourth-order valence-electron chi connectivity index (χ4n) is 3.37. The summed E-state index contributed by atoms with van der Waals surface area (Å²) >= 11 is 0. The molecule has 0 spiro atoms. The van der Waals surface area contributed by atoms with Gasteiger partial charge < -0.3 is 20.5 Å². The Labute approximate surface area is 180 Å². The number of rotatable bonds is 9. The maximum Gasteiger partial charge on any atom is 0.191 e. The van der Waals surface area contributed by atoms with Crippen molar-refractivity contribution < 1.29 is 9.84 Å². The van der Waals surface area contributed by atoms with Crippen LogP contribution in [-0.4, -0.2) is 60.3 Å². The van der Waals surface area contributed by atoms with E-state index < -0.39 is 0 Å². The maximum absolute atomic E-state index is 9.36. The lowest BCUT2D eigenvalue weighted by Gasteiger charge is -2.25. The van der Waals surface area contributed by atoms with Gasteiger partial charge in [-0.2, -0.15) is 5.10 Å². The van der Waals surface area contributed by atoms with Gasteiger partial charge in [0, 0.05) is 44.0 Å². The number of nitrogens with one attached hydrogen (secondary N) is 2. The van der Waals surface area contributed by atoms with Crippen LogP contribution >= 0.6 is 24.0 Å². The van der Waals surface area contributed by atoms with Crippen molar-refractivity contribution in [2.75, 3.05) is 39.5 Å². The summed E-state index contributed by atoms with van der Waals surface area (Å²) in [5, 5.41) is 20.7. The van der Waals surface area contributed by atoms with Crippen LogP contribution in [0.1, 0.15) is 38.1 Å². The van der Waals surface area contributed by atoms with Crippen molar-refractivity contribution in [2.24, 2.45) is 16.3 Å². The topological polar surface area (TPSA) is 83.7 Å². The van der Waals surface area contributed by atoms with Crippen LogP contribution in [0.2, 0.25) is 0 Å². The van der Waals surface area contributed by atoms with E-state index >= 15 is 0 Å². The van der Waals surface area contributed by atoms with Crippen LogP contribution in [0.25, 0.3) is 0 Å². The lowest BCUT2D eigenvalue weighted by molar-refractivity contribution is 0.131. The summed E-state index contributed by atoms with van der Waals surface area (Å²) in [6.45, 7) is 13.2. The molecular weight excluding hydrogens is 457 g/mol. The number of aryl methyl sites for hydroxylation is 2. The molecule has 3 N–H and O–H groups in total. The third-order valence-electron chi connectivity index (χ3n) is 4.95. The quantitative estimate of drug-likeness (QED) is 0.279. The average Bonchev–Trinajstić information content (AvgIpc) is 3.17. The van der Waals surface area contributed by atoms with Crippen LogP contribution in [-0.2, 0) is 11.3 Å². The van der Waals surface area contributed by atoms with E-state index in [1.165, 1.54) is 5.69 Å². The molecule has 0 radical (unpaired) electrons. The Balaban J connectivity index is 0.00000364. The van der Waals surface area contributed by atoms with Gasteiger partial charge in [0.15, 0.2) is 5.96 Å². The minimum Gasteiger partial charge on any atom is -0.396 e. The summed E-state index contributed by atoms with van der Waals surface area (Å²) in [6, 6.07) is 2.11. The van der Waals surface area contributed by atoms with E-state index in [2.05, 4.69) is 47.3 Å². The highest BCUT2D eigenvalue weighted by Crippen LogP contribution is 2.32. The number of halogens is 1. The second-order valence-electron chi connectivity index (χ2n) is 7.57. The van der Waals surface area contributed by atoms with E-state index in [1.807, 2.05) is 6.92 Å². The number of aliphatic hydroxyl groups excluding tert-OH is 1. The predicted molar refractivity (Wildman–Crippen MR) is 120 cm³/mol. The Hall–Kier alpha value is -0.870. The number of aliphatic imine (C=N–C) groups is 1. The molecular formula is C19H36IN5O2. The van der Waals surface area contributed by atoms with Gasteiger partial charge in [-0.15, -0.1) is 24.0 Å². The Morgan fingerprint density at radius 3 is 2.78 bits per heavy atom. The number of nitrogens with zero attached hydrogens (tertiary/aromatic N) is 3. The number of hydrogen-bond donors (Lipinski definition) is 3. The minimum absolute atomic E-state index is 0. The van der Waals surface area contributed by atoms with Crippen molar-refractivity contribution in [1.29, 1.82) is 0 Å². The molecule has 0 saturated carbocycles. The molecule has 0 amide bonds.